The Labute approximate surface area is 116 Å². The van der Waals surface area contributed by atoms with Crippen LogP contribution in [0.3, 0.4) is 0 Å². The standard InChI is InChI=1S/C15H25N3O/c1-12-11-18(7-8-19-12)14-5-6-16-13(9-14)10-17-15(2,3)4/h5-6,9,12,17H,7-8,10-11H2,1-4H3. The lowest BCUT2D eigenvalue weighted by Crippen LogP contribution is -2.41. The number of ether oxygens (including phenoxy) is 1. The molecule has 4 heteroatoms. The molecule has 2 heterocycles. The van der Waals surface area contributed by atoms with Crippen LogP contribution in [-0.4, -0.2) is 36.3 Å². The van der Waals surface area contributed by atoms with Gasteiger partial charge in [-0.05, 0) is 39.8 Å². The van der Waals surface area contributed by atoms with E-state index in [0.29, 0.717) is 6.10 Å². The van der Waals surface area contributed by atoms with Crippen molar-refractivity contribution in [3.8, 4) is 0 Å². The number of hydrogen-bond donors (Lipinski definition) is 1. The Balaban J connectivity index is 2.02. The van der Waals surface area contributed by atoms with Crippen LogP contribution < -0.4 is 10.2 Å². The molecule has 2 rings (SSSR count). The second kappa shape index (κ2) is 5.88. The number of aromatic nitrogens is 1. The van der Waals surface area contributed by atoms with E-state index in [1.54, 1.807) is 0 Å². The van der Waals surface area contributed by atoms with Crippen LogP contribution in [0.2, 0.25) is 0 Å². The molecule has 1 aromatic heterocycles. The van der Waals surface area contributed by atoms with Gasteiger partial charge < -0.3 is 15.0 Å². The van der Waals surface area contributed by atoms with Crippen molar-refractivity contribution in [2.24, 2.45) is 0 Å². The summed E-state index contributed by atoms with van der Waals surface area (Å²) < 4.78 is 5.58. The Morgan fingerprint density at radius 3 is 2.95 bits per heavy atom. The van der Waals surface area contributed by atoms with Crippen LogP contribution in [0.4, 0.5) is 5.69 Å². The third-order valence-corrected chi connectivity index (χ3v) is 3.21. The summed E-state index contributed by atoms with van der Waals surface area (Å²) in [4.78, 5) is 6.81. The van der Waals surface area contributed by atoms with E-state index < -0.39 is 0 Å². The monoisotopic (exact) mass is 263 g/mol. The van der Waals surface area contributed by atoms with Crippen LogP contribution in [0.1, 0.15) is 33.4 Å². The van der Waals surface area contributed by atoms with Gasteiger partial charge in [0.25, 0.3) is 0 Å². The summed E-state index contributed by atoms with van der Waals surface area (Å²) in [6.45, 7) is 12.1. The van der Waals surface area contributed by atoms with Crippen LogP contribution in [0.15, 0.2) is 18.3 Å². The fraction of sp³-hybridized carbons (Fsp3) is 0.667. The predicted octanol–water partition coefficient (Wildman–Crippen LogP) is 2.19. The van der Waals surface area contributed by atoms with E-state index in [-0.39, 0.29) is 5.54 Å². The highest BCUT2D eigenvalue weighted by molar-refractivity contribution is 5.47. The van der Waals surface area contributed by atoms with E-state index in [1.165, 1.54) is 5.69 Å². The summed E-state index contributed by atoms with van der Waals surface area (Å²) in [6.07, 6.45) is 2.20. The van der Waals surface area contributed by atoms with Gasteiger partial charge >= 0.3 is 0 Å². The molecule has 19 heavy (non-hydrogen) atoms. The van der Waals surface area contributed by atoms with Crippen molar-refractivity contribution >= 4 is 5.69 Å². The number of hydrogen-bond acceptors (Lipinski definition) is 4. The Bertz CT molecular complexity index is 414. The molecule has 1 aliphatic rings. The zero-order valence-corrected chi connectivity index (χ0v) is 12.4. The number of anilines is 1. The lowest BCUT2D eigenvalue weighted by atomic mass is 10.1. The molecule has 0 radical (unpaired) electrons. The van der Waals surface area contributed by atoms with Crippen LogP contribution in [0, 0.1) is 0 Å². The van der Waals surface area contributed by atoms with Crippen molar-refractivity contribution in [2.75, 3.05) is 24.6 Å². The number of nitrogens with one attached hydrogen (secondary N) is 1. The minimum absolute atomic E-state index is 0.116. The average molecular weight is 263 g/mol. The van der Waals surface area contributed by atoms with Gasteiger partial charge in [0, 0.05) is 37.1 Å². The molecule has 1 N–H and O–H groups in total. The van der Waals surface area contributed by atoms with Crippen LogP contribution in [0.5, 0.6) is 0 Å². The van der Waals surface area contributed by atoms with E-state index >= 15 is 0 Å². The SMILES string of the molecule is CC1CN(c2ccnc(CNC(C)(C)C)c2)CCO1. The fourth-order valence-corrected chi connectivity index (χ4v) is 2.17. The molecule has 1 unspecified atom stereocenters. The highest BCUT2D eigenvalue weighted by atomic mass is 16.5. The molecular formula is C15H25N3O. The van der Waals surface area contributed by atoms with Gasteiger partial charge in [-0.1, -0.05) is 0 Å². The van der Waals surface area contributed by atoms with Crippen LogP contribution >= 0.6 is 0 Å². The first kappa shape index (κ1) is 14.3. The molecule has 0 aromatic carbocycles. The normalized spacial score (nSPS) is 20.6. The molecule has 0 amide bonds. The summed E-state index contributed by atoms with van der Waals surface area (Å²) in [5, 5.41) is 3.47. The maximum absolute atomic E-state index is 5.58. The summed E-state index contributed by atoms with van der Waals surface area (Å²) in [5.74, 6) is 0. The van der Waals surface area contributed by atoms with E-state index in [1.807, 2.05) is 6.20 Å². The van der Waals surface area contributed by atoms with Gasteiger partial charge in [-0.15, -0.1) is 0 Å². The van der Waals surface area contributed by atoms with Crippen LogP contribution in [-0.2, 0) is 11.3 Å². The highest BCUT2D eigenvalue weighted by Gasteiger charge is 2.17. The maximum Gasteiger partial charge on any atom is 0.0722 e. The van der Waals surface area contributed by atoms with Crippen molar-refractivity contribution in [3.63, 3.8) is 0 Å². The second-order valence-electron chi connectivity index (χ2n) is 6.24. The van der Waals surface area contributed by atoms with Gasteiger partial charge in [-0.3, -0.25) is 4.98 Å². The zero-order valence-electron chi connectivity index (χ0n) is 12.4. The first-order valence-corrected chi connectivity index (χ1v) is 7.00. The molecule has 0 aliphatic carbocycles. The summed E-state index contributed by atoms with van der Waals surface area (Å²) >= 11 is 0. The highest BCUT2D eigenvalue weighted by Crippen LogP contribution is 2.18. The van der Waals surface area contributed by atoms with Gasteiger partial charge in [0.15, 0.2) is 0 Å². The first-order valence-electron chi connectivity index (χ1n) is 7.00. The Hall–Kier alpha value is -1.13. The number of pyridine rings is 1. The molecule has 106 valence electrons. The van der Waals surface area contributed by atoms with E-state index in [4.69, 9.17) is 4.74 Å². The Morgan fingerprint density at radius 1 is 1.47 bits per heavy atom. The maximum atomic E-state index is 5.58. The summed E-state index contributed by atoms with van der Waals surface area (Å²) in [7, 11) is 0. The largest absolute Gasteiger partial charge is 0.375 e. The molecule has 0 bridgehead atoms. The number of nitrogens with zero attached hydrogens (tertiary/aromatic N) is 2. The third kappa shape index (κ3) is 4.48. The molecular weight excluding hydrogens is 238 g/mol. The molecule has 1 aromatic rings. The quantitative estimate of drug-likeness (QED) is 0.907. The first-order chi connectivity index (χ1) is 8.94. The molecule has 1 atom stereocenters. The molecule has 0 saturated carbocycles. The van der Waals surface area contributed by atoms with Gasteiger partial charge in [0.2, 0.25) is 0 Å². The topological polar surface area (TPSA) is 37.4 Å². The fourth-order valence-electron chi connectivity index (χ4n) is 2.17. The van der Waals surface area contributed by atoms with Crippen molar-refractivity contribution in [2.45, 2.75) is 45.9 Å². The lowest BCUT2D eigenvalue weighted by Gasteiger charge is -2.33. The molecule has 1 aliphatic heterocycles. The molecule has 0 spiro atoms. The van der Waals surface area contributed by atoms with Crippen molar-refractivity contribution in [3.05, 3.63) is 24.0 Å². The second-order valence-corrected chi connectivity index (χ2v) is 6.24. The van der Waals surface area contributed by atoms with Gasteiger partial charge in [-0.25, -0.2) is 0 Å². The smallest absolute Gasteiger partial charge is 0.0722 e. The van der Waals surface area contributed by atoms with Gasteiger partial charge in [0.05, 0.1) is 18.4 Å². The average Bonchev–Trinajstić information content (AvgIpc) is 2.36. The Kier molecular flexibility index (Phi) is 4.42. The van der Waals surface area contributed by atoms with Gasteiger partial charge in [0.1, 0.15) is 0 Å². The van der Waals surface area contributed by atoms with Crippen molar-refractivity contribution < 1.29 is 4.74 Å². The zero-order chi connectivity index (χ0) is 13.9. The summed E-state index contributed by atoms with van der Waals surface area (Å²) in [6, 6.07) is 4.26. The number of morpholine rings is 1. The predicted molar refractivity (Wildman–Crippen MR) is 78.5 cm³/mol. The van der Waals surface area contributed by atoms with Crippen molar-refractivity contribution in [1.29, 1.82) is 0 Å². The minimum Gasteiger partial charge on any atom is -0.375 e. The van der Waals surface area contributed by atoms with E-state index in [0.717, 1.165) is 31.9 Å². The lowest BCUT2D eigenvalue weighted by molar-refractivity contribution is 0.0532. The molecule has 1 saturated heterocycles. The summed E-state index contributed by atoms with van der Waals surface area (Å²) in [5.41, 5.74) is 2.45. The minimum atomic E-state index is 0.116. The third-order valence-electron chi connectivity index (χ3n) is 3.21. The molecule has 1 fully saturated rings. The van der Waals surface area contributed by atoms with E-state index in [9.17, 15) is 0 Å². The van der Waals surface area contributed by atoms with Crippen molar-refractivity contribution in [1.82, 2.24) is 10.3 Å². The Morgan fingerprint density at radius 2 is 2.26 bits per heavy atom. The molecule has 4 nitrogen and oxygen atoms in total. The van der Waals surface area contributed by atoms with Crippen LogP contribution in [0.25, 0.3) is 0 Å². The van der Waals surface area contributed by atoms with Gasteiger partial charge in [-0.2, -0.15) is 0 Å². The number of rotatable bonds is 3. The van der Waals surface area contributed by atoms with E-state index in [2.05, 4.69) is 55.0 Å².